The third-order valence-electron chi connectivity index (χ3n) is 3.14. The van der Waals surface area contributed by atoms with Crippen molar-refractivity contribution in [3.63, 3.8) is 0 Å². The van der Waals surface area contributed by atoms with Crippen LogP contribution in [0.15, 0.2) is 6.20 Å². The average Bonchev–Trinajstić information content (AvgIpc) is 2.94. The molecule has 0 saturated carbocycles. The molecule has 2 rings (SSSR count). The highest BCUT2D eigenvalue weighted by Crippen LogP contribution is 2.29. The van der Waals surface area contributed by atoms with E-state index < -0.39 is 54.1 Å². The van der Waals surface area contributed by atoms with E-state index in [0.29, 0.717) is 17.5 Å². The molecule has 1 aromatic rings. The lowest BCUT2D eigenvalue weighted by molar-refractivity contribution is -0.221. The van der Waals surface area contributed by atoms with E-state index >= 15 is 0 Å². The number of anilines is 1. The summed E-state index contributed by atoms with van der Waals surface area (Å²) in [7, 11) is 0. The fourth-order valence-electron chi connectivity index (χ4n) is 1.93. The van der Waals surface area contributed by atoms with Crippen LogP contribution >= 0.6 is 11.3 Å². The summed E-state index contributed by atoms with van der Waals surface area (Å²) < 4.78 is 42.0. The van der Waals surface area contributed by atoms with Gasteiger partial charge in [0.2, 0.25) is 0 Å². The van der Waals surface area contributed by atoms with Gasteiger partial charge in [-0.15, -0.1) is 0 Å². The summed E-state index contributed by atoms with van der Waals surface area (Å²) >= 11 is 0.385. The Morgan fingerprint density at radius 1 is 1.30 bits per heavy atom. The number of Topliss-reactive ketones (excluding diaryl/α,β-unsaturated/α-hetero) is 1. The van der Waals surface area contributed by atoms with Crippen molar-refractivity contribution in [2.45, 2.75) is 36.8 Å². The molecule has 0 aromatic carbocycles. The predicted octanol–water partition coefficient (Wildman–Crippen LogP) is -0.900. The highest BCUT2D eigenvalue weighted by molar-refractivity contribution is 7.17. The second kappa shape index (κ2) is 6.67. The summed E-state index contributed by atoms with van der Waals surface area (Å²) in [6.07, 6.45) is -11.7. The number of alkyl halides is 3. The number of ketones is 1. The van der Waals surface area contributed by atoms with Crippen LogP contribution in [0.2, 0.25) is 0 Å². The molecule has 1 saturated heterocycles. The molecule has 0 aliphatic carbocycles. The number of nitrogens with zero attached hydrogens (tertiary/aromatic N) is 1. The first-order valence-corrected chi connectivity index (χ1v) is 7.11. The summed E-state index contributed by atoms with van der Waals surface area (Å²) in [5, 5.41) is 40.2. The van der Waals surface area contributed by atoms with E-state index in [1.165, 1.54) is 0 Å². The molecule has 23 heavy (non-hydrogen) atoms. The Bertz CT molecular complexity index is 566. The van der Waals surface area contributed by atoms with Crippen molar-refractivity contribution in [2.75, 3.05) is 11.9 Å². The van der Waals surface area contributed by atoms with Crippen molar-refractivity contribution in [1.29, 1.82) is 0 Å². The number of carbonyl (C=O) groups excluding carboxylic acids is 1. The minimum Gasteiger partial charge on any atom is -0.394 e. The van der Waals surface area contributed by atoms with E-state index in [9.17, 15) is 33.3 Å². The van der Waals surface area contributed by atoms with Crippen molar-refractivity contribution >= 4 is 22.3 Å². The SMILES string of the molecule is O=C(c1cnc(NC2OC(CO)C(O)C(O)[C@@H]2O)s1)C(F)(F)F. The molecule has 8 nitrogen and oxygen atoms in total. The maximum absolute atomic E-state index is 12.3. The Morgan fingerprint density at radius 2 is 1.96 bits per heavy atom. The summed E-state index contributed by atoms with van der Waals surface area (Å²) in [6, 6.07) is 0. The van der Waals surface area contributed by atoms with Crippen molar-refractivity contribution in [3.8, 4) is 0 Å². The van der Waals surface area contributed by atoms with Crippen LogP contribution in [-0.4, -0.2) is 74.6 Å². The molecule has 0 radical (unpaired) electrons. The van der Waals surface area contributed by atoms with Gasteiger partial charge >= 0.3 is 6.18 Å². The van der Waals surface area contributed by atoms with E-state index in [4.69, 9.17) is 9.84 Å². The lowest BCUT2D eigenvalue weighted by Crippen LogP contribution is -2.60. The summed E-state index contributed by atoms with van der Waals surface area (Å²) in [4.78, 5) is 14.0. The van der Waals surface area contributed by atoms with Crippen LogP contribution in [-0.2, 0) is 4.74 Å². The molecule has 0 bridgehead atoms. The smallest absolute Gasteiger partial charge is 0.394 e. The number of nitrogens with one attached hydrogen (secondary N) is 1. The molecule has 1 fully saturated rings. The van der Waals surface area contributed by atoms with Crippen molar-refractivity contribution < 1.29 is 43.1 Å². The van der Waals surface area contributed by atoms with Crippen LogP contribution in [0, 0.1) is 0 Å². The monoisotopic (exact) mass is 358 g/mol. The maximum Gasteiger partial charge on any atom is 0.455 e. The Morgan fingerprint density at radius 3 is 2.52 bits per heavy atom. The fourth-order valence-corrected chi connectivity index (χ4v) is 2.73. The molecule has 0 amide bonds. The van der Waals surface area contributed by atoms with Crippen LogP contribution in [0.25, 0.3) is 0 Å². The molecule has 1 aliphatic heterocycles. The number of ether oxygens (including phenoxy) is 1. The third-order valence-corrected chi connectivity index (χ3v) is 4.07. The second-order valence-electron chi connectivity index (χ2n) is 4.75. The van der Waals surface area contributed by atoms with Crippen LogP contribution in [0.5, 0.6) is 0 Å². The van der Waals surface area contributed by atoms with E-state index in [1.807, 2.05) is 0 Å². The molecule has 1 aromatic heterocycles. The first-order chi connectivity index (χ1) is 10.6. The van der Waals surface area contributed by atoms with Crippen molar-refractivity contribution in [2.24, 2.45) is 0 Å². The summed E-state index contributed by atoms with van der Waals surface area (Å²) in [6.45, 7) is -0.654. The molecule has 130 valence electrons. The number of rotatable bonds is 4. The van der Waals surface area contributed by atoms with Crippen LogP contribution in [0.3, 0.4) is 0 Å². The van der Waals surface area contributed by atoms with Gasteiger partial charge in [0.15, 0.2) is 11.4 Å². The molecule has 0 spiro atoms. The Labute approximate surface area is 131 Å². The number of halogens is 3. The number of aromatic nitrogens is 1. The van der Waals surface area contributed by atoms with Crippen LogP contribution in [0.4, 0.5) is 18.3 Å². The quantitative estimate of drug-likeness (QED) is 0.438. The minimum atomic E-state index is -5.03. The largest absolute Gasteiger partial charge is 0.455 e. The summed E-state index contributed by atoms with van der Waals surface area (Å²) in [5.41, 5.74) is 0. The number of hydrogen-bond acceptors (Lipinski definition) is 9. The molecular weight excluding hydrogens is 345 g/mol. The van der Waals surface area contributed by atoms with E-state index in [-0.39, 0.29) is 5.13 Å². The van der Waals surface area contributed by atoms with E-state index in [0.717, 1.165) is 0 Å². The van der Waals surface area contributed by atoms with Gasteiger partial charge in [0.1, 0.15) is 29.3 Å². The van der Waals surface area contributed by atoms with E-state index in [1.54, 1.807) is 0 Å². The third kappa shape index (κ3) is 3.79. The number of carbonyl (C=O) groups is 1. The van der Waals surface area contributed by atoms with Gasteiger partial charge in [0, 0.05) is 0 Å². The highest BCUT2D eigenvalue weighted by atomic mass is 32.1. The zero-order chi connectivity index (χ0) is 17.4. The molecule has 5 atom stereocenters. The number of thiazole rings is 1. The number of hydrogen-bond donors (Lipinski definition) is 5. The predicted molar refractivity (Wildman–Crippen MR) is 69.9 cm³/mol. The highest BCUT2D eigenvalue weighted by Gasteiger charge is 2.44. The van der Waals surface area contributed by atoms with Crippen molar-refractivity contribution in [1.82, 2.24) is 4.98 Å². The topological polar surface area (TPSA) is 132 Å². The molecule has 1 aliphatic rings. The van der Waals surface area contributed by atoms with Gasteiger partial charge in [0.05, 0.1) is 12.8 Å². The van der Waals surface area contributed by atoms with Crippen LogP contribution < -0.4 is 5.32 Å². The Balaban J connectivity index is 2.10. The molecule has 2 heterocycles. The lowest BCUT2D eigenvalue weighted by atomic mass is 9.98. The molecule has 4 unspecified atom stereocenters. The second-order valence-corrected chi connectivity index (χ2v) is 5.78. The summed E-state index contributed by atoms with van der Waals surface area (Å²) in [5.74, 6) is -2.06. The fraction of sp³-hybridized carbons (Fsp3) is 0.636. The lowest BCUT2D eigenvalue weighted by Gasteiger charge is -2.40. The van der Waals surface area contributed by atoms with Crippen LogP contribution in [0.1, 0.15) is 9.67 Å². The van der Waals surface area contributed by atoms with Gasteiger partial charge in [-0.3, -0.25) is 4.79 Å². The van der Waals surface area contributed by atoms with Gasteiger partial charge in [-0.2, -0.15) is 13.2 Å². The normalized spacial score (nSPS) is 31.9. The minimum absolute atomic E-state index is 0.165. The number of aliphatic hydroxyl groups excluding tert-OH is 4. The number of aliphatic hydroxyl groups is 4. The van der Waals surface area contributed by atoms with Gasteiger partial charge in [-0.25, -0.2) is 4.98 Å². The molecule has 5 N–H and O–H groups in total. The van der Waals surface area contributed by atoms with Gasteiger partial charge in [-0.1, -0.05) is 11.3 Å². The first-order valence-electron chi connectivity index (χ1n) is 6.29. The average molecular weight is 358 g/mol. The van der Waals surface area contributed by atoms with Crippen molar-refractivity contribution in [3.05, 3.63) is 11.1 Å². The molecule has 12 heteroatoms. The van der Waals surface area contributed by atoms with Gasteiger partial charge in [-0.05, 0) is 0 Å². The zero-order valence-corrected chi connectivity index (χ0v) is 12.1. The van der Waals surface area contributed by atoms with E-state index in [2.05, 4.69) is 10.3 Å². The standard InChI is InChI=1S/C11H13F3N2O6S/c12-11(13,14)8(21)4-1-15-10(23-4)16-9-7(20)6(19)5(18)3(2-17)22-9/h1,3,5-7,9,17-20H,2H2,(H,15,16)/t3?,5?,6?,7-,9?/m0/s1. The Kier molecular flexibility index (Phi) is 5.23. The molecular formula is C11H13F3N2O6S. The van der Waals surface area contributed by atoms with Gasteiger partial charge in [0.25, 0.3) is 5.78 Å². The zero-order valence-electron chi connectivity index (χ0n) is 11.3. The maximum atomic E-state index is 12.3. The van der Waals surface area contributed by atoms with Gasteiger partial charge < -0.3 is 30.5 Å². The Hall–Kier alpha value is -1.31. The first kappa shape index (κ1) is 18.0.